The molecule has 2 aromatic rings. The van der Waals surface area contributed by atoms with E-state index < -0.39 is 0 Å². The SMILES string of the molecule is Clc1ccc(CNC2CCOc3ccccc32)o1. The van der Waals surface area contributed by atoms with Crippen LogP contribution in [-0.4, -0.2) is 6.61 Å². The van der Waals surface area contributed by atoms with Crippen LogP contribution in [0.1, 0.15) is 23.8 Å². The van der Waals surface area contributed by atoms with E-state index >= 15 is 0 Å². The maximum absolute atomic E-state index is 5.75. The molecule has 3 nitrogen and oxygen atoms in total. The number of furan rings is 1. The van der Waals surface area contributed by atoms with Crippen LogP contribution in [-0.2, 0) is 6.54 Å². The summed E-state index contributed by atoms with van der Waals surface area (Å²) in [6.07, 6.45) is 0.964. The first kappa shape index (κ1) is 11.6. The van der Waals surface area contributed by atoms with E-state index in [4.69, 9.17) is 20.8 Å². The van der Waals surface area contributed by atoms with Crippen molar-refractivity contribution in [3.05, 3.63) is 52.9 Å². The Kier molecular flexibility index (Phi) is 3.26. The standard InChI is InChI=1S/C14H14ClNO2/c15-14-6-5-10(18-14)9-16-12-7-8-17-13-4-2-1-3-11(12)13/h1-6,12,16H,7-9H2. The van der Waals surface area contributed by atoms with Crippen LogP contribution < -0.4 is 10.1 Å². The molecule has 0 fully saturated rings. The molecule has 1 atom stereocenters. The van der Waals surface area contributed by atoms with Gasteiger partial charge in [-0.15, -0.1) is 0 Å². The molecule has 1 aromatic carbocycles. The number of para-hydroxylation sites is 1. The van der Waals surface area contributed by atoms with E-state index in [0.29, 0.717) is 17.8 Å². The van der Waals surface area contributed by atoms with Crippen LogP contribution >= 0.6 is 11.6 Å². The summed E-state index contributed by atoms with van der Waals surface area (Å²) in [4.78, 5) is 0. The molecular weight excluding hydrogens is 250 g/mol. The number of rotatable bonds is 3. The van der Waals surface area contributed by atoms with Crippen LogP contribution in [0, 0.1) is 0 Å². The second kappa shape index (κ2) is 5.04. The van der Waals surface area contributed by atoms with Gasteiger partial charge >= 0.3 is 0 Å². The molecule has 4 heteroatoms. The minimum absolute atomic E-state index is 0.304. The number of hydrogen-bond donors (Lipinski definition) is 1. The first-order valence-corrected chi connectivity index (χ1v) is 6.40. The van der Waals surface area contributed by atoms with Gasteiger partial charge in [-0.05, 0) is 29.8 Å². The molecule has 0 saturated heterocycles. The molecule has 0 aliphatic carbocycles. The van der Waals surface area contributed by atoms with Crippen LogP contribution in [0.4, 0.5) is 0 Å². The number of fused-ring (bicyclic) bond motifs is 1. The van der Waals surface area contributed by atoms with Gasteiger partial charge in [0, 0.05) is 18.0 Å². The van der Waals surface area contributed by atoms with Crippen molar-refractivity contribution in [3.63, 3.8) is 0 Å². The fourth-order valence-corrected chi connectivity index (χ4v) is 2.39. The van der Waals surface area contributed by atoms with E-state index in [9.17, 15) is 0 Å². The Labute approximate surface area is 111 Å². The molecule has 18 heavy (non-hydrogen) atoms. The van der Waals surface area contributed by atoms with Gasteiger partial charge in [0.2, 0.25) is 0 Å². The number of benzene rings is 1. The molecule has 2 heterocycles. The molecule has 1 aliphatic rings. The Morgan fingerprint density at radius 1 is 1.22 bits per heavy atom. The van der Waals surface area contributed by atoms with Crippen molar-refractivity contribution in [3.8, 4) is 5.75 Å². The van der Waals surface area contributed by atoms with Gasteiger partial charge in [-0.1, -0.05) is 18.2 Å². The predicted octanol–water partition coefficient (Wildman–Crippen LogP) is 3.55. The average molecular weight is 264 g/mol. The normalized spacial score (nSPS) is 18.2. The Hall–Kier alpha value is -1.45. The zero-order chi connectivity index (χ0) is 12.4. The van der Waals surface area contributed by atoms with Gasteiger partial charge in [0.15, 0.2) is 5.22 Å². The fraction of sp³-hybridized carbons (Fsp3) is 0.286. The third-order valence-electron chi connectivity index (χ3n) is 3.11. The molecule has 1 aromatic heterocycles. The zero-order valence-corrected chi connectivity index (χ0v) is 10.6. The third-order valence-corrected chi connectivity index (χ3v) is 3.31. The van der Waals surface area contributed by atoms with E-state index in [1.807, 2.05) is 24.3 Å². The maximum atomic E-state index is 5.75. The second-order valence-electron chi connectivity index (χ2n) is 4.31. The average Bonchev–Trinajstić information content (AvgIpc) is 2.82. The number of hydrogen-bond acceptors (Lipinski definition) is 3. The lowest BCUT2D eigenvalue weighted by Gasteiger charge is -2.26. The van der Waals surface area contributed by atoms with Gasteiger partial charge in [0.1, 0.15) is 11.5 Å². The highest BCUT2D eigenvalue weighted by molar-refractivity contribution is 6.28. The van der Waals surface area contributed by atoms with E-state index in [1.54, 1.807) is 6.07 Å². The van der Waals surface area contributed by atoms with E-state index in [0.717, 1.165) is 24.5 Å². The highest BCUT2D eigenvalue weighted by Gasteiger charge is 2.20. The lowest BCUT2D eigenvalue weighted by Crippen LogP contribution is -2.26. The third kappa shape index (κ3) is 2.37. The minimum atomic E-state index is 0.304. The molecule has 3 rings (SSSR count). The Bertz CT molecular complexity index is 538. The Balaban J connectivity index is 1.71. The van der Waals surface area contributed by atoms with Crippen molar-refractivity contribution >= 4 is 11.6 Å². The topological polar surface area (TPSA) is 34.4 Å². The summed E-state index contributed by atoms with van der Waals surface area (Å²) >= 11 is 5.75. The summed E-state index contributed by atoms with van der Waals surface area (Å²) < 4.78 is 11.0. The van der Waals surface area contributed by atoms with Crippen LogP contribution in [0.15, 0.2) is 40.8 Å². The van der Waals surface area contributed by atoms with Crippen molar-refractivity contribution in [2.24, 2.45) is 0 Å². The predicted molar refractivity (Wildman–Crippen MR) is 69.9 cm³/mol. The van der Waals surface area contributed by atoms with Crippen molar-refractivity contribution in [1.82, 2.24) is 5.32 Å². The Morgan fingerprint density at radius 2 is 2.11 bits per heavy atom. The molecule has 1 aliphatic heterocycles. The van der Waals surface area contributed by atoms with Crippen LogP contribution in [0.25, 0.3) is 0 Å². The van der Waals surface area contributed by atoms with Crippen molar-refractivity contribution < 1.29 is 9.15 Å². The summed E-state index contributed by atoms with van der Waals surface area (Å²) in [5.74, 6) is 1.82. The van der Waals surface area contributed by atoms with Crippen LogP contribution in [0.5, 0.6) is 5.75 Å². The van der Waals surface area contributed by atoms with Gasteiger partial charge in [-0.2, -0.15) is 0 Å². The summed E-state index contributed by atoms with van der Waals surface area (Å²) in [7, 11) is 0. The lowest BCUT2D eigenvalue weighted by atomic mass is 10.0. The summed E-state index contributed by atoms with van der Waals surface area (Å²) in [6, 6.07) is 12.1. The number of ether oxygens (including phenoxy) is 1. The molecule has 1 N–H and O–H groups in total. The largest absolute Gasteiger partial charge is 0.493 e. The minimum Gasteiger partial charge on any atom is -0.493 e. The first-order valence-electron chi connectivity index (χ1n) is 6.02. The molecular formula is C14H14ClNO2. The second-order valence-corrected chi connectivity index (χ2v) is 4.69. The van der Waals surface area contributed by atoms with Gasteiger partial charge in [-0.3, -0.25) is 0 Å². The van der Waals surface area contributed by atoms with Crippen molar-refractivity contribution in [2.75, 3.05) is 6.61 Å². The summed E-state index contributed by atoms with van der Waals surface area (Å²) in [6.45, 7) is 1.42. The van der Waals surface area contributed by atoms with Gasteiger partial charge < -0.3 is 14.5 Å². The summed E-state index contributed by atoms with van der Waals surface area (Å²) in [5, 5.41) is 3.90. The van der Waals surface area contributed by atoms with Crippen molar-refractivity contribution in [2.45, 2.75) is 19.0 Å². The molecule has 1 unspecified atom stereocenters. The summed E-state index contributed by atoms with van der Waals surface area (Å²) in [5.41, 5.74) is 1.21. The fourth-order valence-electron chi connectivity index (χ4n) is 2.22. The molecule has 94 valence electrons. The number of nitrogens with one attached hydrogen (secondary N) is 1. The van der Waals surface area contributed by atoms with E-state index in [1.165, 1.54) is 5.56 Å². The van der Waals surface area contributed by atoms with Gasteiger partial charge in [0.25, 0.3) is 0 Å². The Morgan fingerprint density at radius 3 is 2.94 bits per heavy atom. The smallest absolute Gasteiger partial charge is 0.193 e. The molecule has 0 bridgehead atoms. The van der Waals surface area contributed by atoms with Crippen LogP contribution in [0.2, 0.25) is 5.22 Å². The van der Waals surface area contributed by atoms with Crippen LogP contribution in [0.3, 0.4) is 0 Å². The van der Waals surface area contributed by atoms with Crippen molar-refractivity contribution in [1.29, 1.82) is 0 Å². The van der Waals surface area contributed by atoms with E-state index in [2.05, 4.69) is 11.4 Å². The van der Waals surface area contributed by atoms with Gasteiger partial charge in [0.05, 0.1) is 13.2 Å². The first-order chi connectivity index (χ1) is 8.83. The molecule has 0 saturated carbocycles. The maximum Gasteiger partial charge on any atom is 0.193 e. The molecule has 0 amide bonds. The van der Waals surface area contributed by atoms with Gasteiger partial charge in [-0.25, -0.2) is 0 Å². The number of halogens is 1. The highest BCUT2D eigenvalue weighted by atomic mass is 35.5. The highest BCUT2D eigenvalue weighted by Crippen LogP contribution is 2.31. The van der Waals surface area contributed by atoms with E-state index in [-0.39, 0.29) is 0 Å². The molecule has 0 radical (unpaired) electrons. The molecule has 0 spiro atoms. The zero-order valence-electron chi connectivity index (χ0n) is 9.86. The monoisotopic (exact) mass is 263 g/mol. The quantitative estimate of drug-likeness (QED) is 0.920. The lowest BCUT2D eigenvalue weighted by molar-refractivity contribution is 0.250.